The minimum absolute atomic E-state index is 0.277. The average Bonchev–Trinajstić information content (AvgIpc) is 2.80. The fourth-order valence-corrected chi connectivity index (χ4v) is 2.48. The lowest BCUT2D eigenvalue weighted by molar-refractivity contribution is 0.127. The van der Waals surface area contributed by atoms with Crippen molar-refractivity contribution in [2.75, 3.05) is 20.2 Å². The predicted molar refractivity (Wildman–Crippen MR) is 68.0 cm³/mol. The Kier molecular flexibility index (Phi) is 4.19. The maximum atomic E-state index is 14.0. The summed E-state index contributed by atoms with van der Waals surface area (Å²) in [5, 5.41) is 9.55. The van der Waals surface area contributed by atoms with Crippen LogP contribution in [-0.4, -0.2) is 36.3 Å². The molecule has 3 nitrogen and oxygen atoms in total. The second kappa shape index (κ2) is 5.67. The summed E-state index contributed by atoms with van der Waals surface area (Å²) in [4.78, 5) is 2.18. The number of aliphatic hydroxyl groups is 1. The van der Waals surface area contributed by atoms with Gasteiger partial charge in [-0.3, -0.25) is 4.90 Å². The Hall–Kier alpha value is -1.13. The summed E-state index contributed by atoms with van der Waals surface area (Å²) in [6.45, 7) is 4.13. The minimum atomic E-state index is -0.287. The van der Waals surface area contributed by atoms with Crippen LogP contribution in [0.1, 0.15) is 18.9 Å². The molecule has 0 aliphatic carbocycles. The van der Waals surface area contributed by atoms with Crippen LogP contribution in [0.3, 0.4) is 0 Å². The SMILES string of the molecule is COc1cccc(CN2CCC(C(C)O)C2)c1F. The van der Waals surface area contributed by atoms with Crippen molar-refractivity contribution < 1.29 is 14.2 Å². The quantitative estimate of drug-likeness (QED) is 0.891. The minimum Gasteiger partial charge on any atom is -0.494 e. The van der Waals surface area contributed by atoms with Crippen LogP contribution in [0.25, 0.3) is 0 Å². The monoisotopic (exact) mass is 253 g/mol. The molecule has 100 valence electrons. The zero-order chi connectivity index (χ0) is 13.1. The molecule has 1 aromatic carbocycles. The number of benzene rings is 1. The van der Waals surface area contributed by atoms with Crippen molar-refractivity contribution in [1.29, 1.82) is 0 Å². The van der Waals surface area contributed by atoms with Gasteiger partial charge in [0.2, 0.25) is 0 Å². The van der Waals surface area contributed by atoms with Crippen molar-refractivity contribution in [3.8, 4) is 5.75 Å². The van der Waals surface area contributed by atoms with Gasteiger partial charge in [0.05, 0.1) is 13.2 Å². The van der Waals surface area contributed by atoms with Gasteiger partial charge >= 0.3 is 0 Å². The summed E-state index contributed by atoms with van der Waals surface area (Å²) >= 11 is 0. The van der Waals surface area contributed by atoms with Crippen molar-refractivity contribution in [3.05, 3.63) is 29.6 Å². The van der Waals surface area contributed by atoms with Gasteiger partial charge < -0.3 is 9.84 Å². The average molecular weight is 253 g/mol. The third-order valence-electron chi connectivity index (χ3n) is 3.65. The molecule has 0 bridgehead atoms. The van der Waals surface area contributed by atoms with E-state index in [2.05, 4.69) is 4.90 Å². The molecule has 1 saturated heterocycles. The number of methoxy groups -OCH3 is 1. The van der Waals surface area contributed by atoms with Crippen LogP contribution in [0, 0.1) is 11.7 Å². The molecule has 4 heteroatoms. The molecule has 2 unspecified atom stereocenters. The van der Waals surface area contributed by atoms with Crippen molar-refractivity contribution in [2.24, 2.45) is 5.92 Å². The highest BCUT2D eigenvalue weighted by Gasteiger charge is 2.26. The van der Waals surface area contributed by atoms with Gasteiger partial charge in [0.15, 0.2) is 11.6 Å². The summed E-state index contributed by atoms with van der Waals surface area (Å²) in [5.74, 6) is 0.318. The second-order valence-corrected chi connectivity index (χ2v) is 4.96. The smallest absolute Gasteiger partial charge is 0.169 e. The molecule has 0 spiro atoms. The molecule has 1 aliphatic heterocycles. The Labute approximate surface area is 107 Å². The molecule has 0 saturated carbocycles. The van der Waals surface area contributed by atoms with E-state index in [9.17, 15) is 9.50 Å². The molecule has 2 atom stereocenters. The molecular formula is C14H20FNO2. The first-order valence-corrected chi connectivity index (χ1v) is 6.33. The summed E-state index contributed by atoms with van der Waals surface area (Å²) in [7, 11) is 1.47. The van der Waals surface area contributed by atoms with Gasteiger partial charge in [0.1, 0.15) is 0 Å². The highest BCUT2D eigenvalue weighted by molar-refractivity contribution is 5.31. The largest absolute Gasteiger partial charge is 0.494 e. The number of aliphatic hydroxyl groups excluding tert-OH is 1. The van der Waals surface area contributed by atoms with Crippen LogP contribution in [0.15, 0.2) is 18.2 Å². The van der Waals surface area contributed by atoms with E-state index >= 15 is 0 Å². The van der Waals surface area contributed by atoms with Gasteiger partial charge in [-0.2, -0.15) is 0 Å². The number of rotatable bonds is 4. The molecule has 1 N–H and O–H groups in total. The van der Waals surface area contributed by atoms with Gasteiger partial charge in [-0.05, 0) is 31.9 Å². The molecule has 1 heterocycles. The normalized spacial score (nSPS) is 22.1. The predicted octanol–water partition coefficient (Wildman–Crippen LogP) is 2.04. The van der Waals surface area contributed by atoms with Gasteiger partial charge in [-0.15, -0.1) is 0 Å². The fourth-order valence-electron chi connectivity index (χ4n) is 2.48. The van der Waals surface area contributed by atoms with E-state index in [0.717, 1.165) is 19.5 Å². The summed E-state index contributed by atoms with van der Waals surface area (Å²) in [5.41, 5.74) is 0.653. The Morgan fingerprint density at radius 1 is 1.56 bits per heavy atom. The molecule has 0 aromatic heterocycles. The van der Waals surface area contributed by atoms with E-state index in [1.54, 1.807) is 18.2 Å². The van der Waals surface area contributed by atoms with E-state index in [-0.39, 0.29) is 11.9 Å². The molecule has 0 amide bonds. The number of hydrogen-bond acceptors (Lipinski definition) is 3. The lowest BCUT2D eigenvalue weighted by Crippen LogP contribution is -2.24. The third-order valence-corrected chi connectivity index (χ3v) is 3.65. The molecule has 18 heavy (non-hydrogen) atoms. The number of ether oxygens (including phenoxy) is 1. The summed E-state index contributed by atoms with van der Waals surface area (Å²) < 4.78 is 19.0. The number of hydrogen-bond donors (Lipinski definition) is 1. The van der Waals surface area contributed by atoms with Crippen molar-refractivity contribution in [2.45, 2.75) is 26.0 Å². The highest BCUT2D eigenvalue weighted by atomic mass is 19.1. The zero-order valence-corrected chi connectivity index (χ0v) is 10.9. The van der Waals surface area contributed by atoms with Gasteiger partial charge in [0.25, 0.3) is 0 Å². The fraction of sp³-hybridized carbons (Fsp3) is 0.571. The van der Waals surface area contributed by atoms with Crippen LogP contribution >= 0.6 is 0 Å². The van der Waals surface area contributed by atoms with Crippen molar-refractivity contribution >= 4 is 0 Å². The number of likely N-dealkylation sites (tertiary alicyclic amines) is 1. The van der Waals surface area contributed by atoms with Crippen LogP contribution in [0.5, 0.6) is 5.75 Å². The summed E-state index contributed by atoms with van der Waals surface area (Å²) in [6, 6.07) is 5.22. The Morgan fingerprint density at radius 3 is 2.94 bits per heavy atom. The molecule has 1 aliphatic rings. The van der Waals surface area contributed by atoms with Crippen molar-refractivity contribution in [3.63, 3.8) is 0 Å². The third kappa shape index (κ3) is 2.82. The maximum Gasteiger partial charge on any atom is 0.169 e. The van der Waals surface area contributed by atoms with E-state index in [4.69, 9.17) is 4.74 Å². The lowest BCUT2D eigenvalue weighted by atomic mass is 10.0. The van der Waals surface area contributed by atoms with Crippen LogP contribution in [-0.2, 0) is 6.54 Å². The van der Waals surface area contributed by atoms with Gasteiger partial charge in [-0.1, -0.05) is 12.1 Å². The highest BCUT2D eigenvalue weighted by Crippen LogP contribution is 2.25. The molecule has 1 fully saturated rings. The number of halogens is 1. The van der Waals surface area contributed by atoms with E-state index < -0.39 is 0 Å². The zero-order valence-electron chi connectivity index (χ0n) is 10.9. The standard InChI is InChI=1S/C14H20FNO2/c1-10(17)11-6-7-16(8-11)9-12-4-3-5-13(18-2)14(12)15/h3-5,10-11,17H,6-9H2,1-2H3. The van der Waals surface area contributed by atoms with Crippen LogP contribution < -0.4 is 4.74 Å². The van der Waals surface area contributed by atoms with Crippen LogP contribution in [0.4, 0.5) is 4.39 Å². The van der Waals surface area contributed by atoms with E-state index in [1.807, 2.05) is 6.92 Å². The van der Waals surface area contributed by atoms with Gasteiger partial charge in [0, 0.05) is 18.7 Å². The Bertz CT molecular complexity index is 409. The van der Waals surface area contributed by atoms with Gasteiger partial charge in [-0.25, -0.2) is 4.39 Å². The first-order chi connectivity index (χ1) is 8.61. The first kappa shape index (κ1) is 13.3. The molecule has 2 rings (SSSR count). The van der Waals surface area contributed by atoms with Crippen molar-refractivity contribution in [1.82, 2.24) is 4.90 Å². The Balaban J connectivity index is 2.02. The van der Waals surface area contributed by atoms with E-state index in [0.29, 0.717) is 23.8 Å². The second-order valence-electron chi connectivity index (χ2n) is 4.96. The maximum absolute atomic E-state index is 14.0. The number of nitrogens with zero attached hydrogens (tertiary/aromatic N) is 1. The molecule has 0 radical (unpaired) electrons. The Morgan fingerprint density at radius 2 is 2.33 bits per heavy atom. The topological polar surface area (TPSA) is 32.7 Å². The molecular weight excluding hydrogens is 233 g/mol. The lowest BCUT2D eigenvalue weighted by Gasteiger charge is -2.18. The van der Waals surface area contributed by atoms with E-state index in [1.165, 1.54) is 7.11 Å². The first-order valence-electron chi connectivity index (χ1n) is 6.33. The van der Waals surface area contributed by atoms with Crippen LogP contribution in [0.2, 0.25) is 0 Å². The summed E-state index contributed by atoms with van der Waals surface area (Å²) in [6.07, 6.45) is 0.689. The molecule has 1 aromatic rings.